The van der Waals surface area contributed by atoms with E-state index in [9.17, 15) is 26.4 Å². The number of thiophene rings is 2. The smallest absolute Gasteiger partial charge is 0.217 e. The van der Waals surface area contributed by atoms with Gasteiger partial charge in [-0.25, -0.2) is 15.0 Å². The molecule has 3 fully saturated rings. The lowest BCUT2D eigenvalue weighted by atomic mass is 9.61. The van der Waals surface area contributed by atoms with Crippen LogP contribution in [0.1, 0.15) is 176 Å². The summed E-state index contributed by atoms with van der Waals surface area (Å²) in [6, 6.07) is 10.7. The van der Waals surface area contributed by atoms with E-state index in [-0.39, 0.29) is 82.8 Å². The molecule has 25 heteroatoms. The average Bonchev–Trinajstić information content (AvgIpc) is 1.68. The van der Waals surface area contributed by atoms with Crippen molar-refractivity contribution in [2.24, 2.45) is 0 Å². The van der Waals surface area contributed by atoms with Crippen molar-refractivity contribution in [3.05, 3.63) is 121 Å². The second-order valence-corrected chi connectivity index (χ2v) is 27.9. The van der Waals surface area contributed by atoms with Gasteiger partial charge in [-0.3, -0.25) is 25.3 Å². The molecule has 0 bridgehead atoms. The van der Waals surface area contributed by atoms with Gasteiger partial charge in [0.25, 0.3) is 0 Å². The van der Waals surface area contributed by atoms with E-state index in [4.69, 9.17) is 64.8 Å². The summed E-state index contributed by atoms with van der Waals surface area (Å²) in [7, 11) is 4.21. The van der Waals surface area contributed by atoms with Gasteiger partial charge in [-0.05, 0) is 161 Å². The van der Waals surface area contributed by atoms with E-state index >= 15 is 0 Å². The first-order valence-corrected chi connectivity index (χ1v) is 33.5. The van der Waals surface area contributed by atoms with Crippen LogP contribution in [0.5, 0.6) is 11.8 Å². The SMILES string of the molecule is C[C@H](Oc1cc(-c2ccn([C@H]3CCOC3)n2)nc(C(=N)C2=C(O)[C@@]3(CCC2)CCC(/C(=C/C(=N)c2cc(O[C@@H](C)[C@@H]4CCCN4C)nc(-c4noc5c4CCC[C@@]54CCCc5sc(N)c(C#N)c54)n2)NCc2ncco2)c2sc(N)c(C#N)c23)n1)[C@@H]1CCCN1C. The Labute approximate surface area is 535 Å². The van der Waals surface area contributed by atoms with Crippen molar-refractivity contribution in [1.82, 2.24) is 55.0 Å². The van der Waals surface area contributed by atoms with Gasteiger partial charge in [-0.1, -0.05) is 5.16 Å². The molecule has 14 rings (SSSR count). The minimum Gasteiger partial charge on any atom is -0.511 e. The van der Waals surface area contributed by atoms with Crippen LogP contribution in [-0.2, 0) is 35.0 Å². The van der Waals surface area contributed by atoms with Crippen LogP contribution >= 0.6 is 22.7 Å². The Morgan fingerprint density at radius 2 is 1.57 bits per heavy atom. The van der Waals surface area contributed by atoms with Crippen molar-refractivity contribution >= 4 is 44.1 Å². The van der Waals surface area contributed by atoms with Crippen molar-refractivity contribution in [3.63, 3.8) is 0 Å². The van der Waals surface area contributed by atoms with E-state index in [1.807, 2.05) is 30.8 Å². The van der Waals surface area contributed by atoms with Crippen LogP contribution in [0.25, 0.3) is 22.9 Å². The minimum atomic E-state index is -1.11. The molecule has 8 atom stereocenters. The number of nitrogens with zero attached hydrogens (tertiary/aromatic N) is 12. The number of oxazole rings is 1. The van der Waals surface area contributed by atoms with Crippen molar-refractivity contribution in [3.8, 4) is 46.8 Å². The number of aliphatic hydroxyl groups is 1. The number of hydrogen-bond donors (Lipinski definition) is 6. The fourth-order valence-corrected chi connectivity index (χ4v) is 18.3. The van der Waals surface area contributed by atoms with Crippen LogP contribution in [0, 0.1) is 33.5 Å². The van der Waals surface area contributed by atoms with Crippen molar-refractivity contribution in [2.75, 3.05) is 51.9 Å². The van der Waals surface area contributed by atoms with E-state index < -0.39 is 16.7 Å². The number of ether oxygens (including phenoxy) is 3. The first kappa shape index (κ1) is 60.2. The standard InChI is InChI=1S/C66H75N17O6S2/c1-35(48-12-8-23-81(48)3)87-51-29-46(75-64(78-51)57-40-11-6-19-66(60(40)89-80-57)20-7-14-50-54(66)41(31-67)61(71)90-50)43(69)28-45(74-33-53-73-22-27-86-53)38-15-21-65(55-42(32-68)62(72)91-58(38)55)18-5-10-39(59(65)84)56(70)63-76-47(44-16-25-83(79-44)37-17-26-85-34-37)30-52(77-63)88-36(2)49-13-9-24-82(49)4/h16,22,25,27-30,35-38,48-49,69-70,74,84H,5-15,17-21,23-24,26,33-34,71-72H2,1-4H3/b45-28-,69-43?,70-56?/t35-,36-,37-,38?,48-,49-,65-,66-/m0/s1. The summed E-state index contributed by atoms with van der Waals surface area (Å²) in [5.74, 6) is 1.57. The van der Waals surface area contributed by atoms with Gasteiger partial charge >= 0.3 is 0 Å². The lowest BCUT2D eigenvalue weighted by Gasteiger charge is -2.44. The van der Waals surface area contributed by atoms with Crippen molar-refractivity contribution in [2.45, 2.75) is 170 Å². The molecule has 2 spiro atoms. The molecule has 10 heterocycles. The molecule has 91 heavy (non-hydrogen) atoms. The van der Waals surface area contributed by atoms with Gasteiger partial charge in [0.15, 0.2) is 23.1 Å². The van der Waals surface area contributed by atoms with Crippen LogP contribution in [0.4, 0.5) is 10.0 Å². The zero-order valence-corrected chi connectivity index (χ0v) is 53.3. The van der Waals surface area contributed by atoms with Gasteiger partial charge in [-0.2, -0.15) is 25.6 Å². The third-order valence-corrected chi connectivity index (χ3v) is 22.6. The maximum absolute atomic E-state index is 13.1. The minimum absolute atomic E-state index is 0.0133. The van der Waals surface area contributed by atoms with Gasteiger partial charge in [0.2, 0.25) is 17.7 Å². The number of aromatic nitrogens is 8. The van der Waals surface area contributed by atoms with Crippen molar-refractivity contribution < 1.29 is 28.3 Å². The quantitative estimate of drug-likeness (QED) is 0.0461. The van der Waals surface area contributed by atoms with Gasteiger partial charge in [-0.15, -0.1) is 22.7 Å². The number of nitrogen functional groups attached to an aromatic ring is 2. The third-order valence-electron chi connectivity index (χ3n) is 20.4. The number of allylic oxidation sites excluding steroid dienone is 4. The lowest BCUT2D eigenvalue weighted by molar-refractivity contribution is 0.116. The molecule has 3 saturated heterocycles. The van der Waals surface area contributed by atoms with Gasteiger partial charge in [0.05, 0.1) is 64.4 Å². The Morgan fingerprint density at radius 1 is 0.857 bits per heavy atom. The number of nitrogens with one attached hydrogen (secondary N) is 3. The Bertz CT molecular complexity index is 4120. The first-order valence-electron chi connectivity index (χ1n) is 31.9. The molecule has 0 saturated carbocycles. The van der Waals surface area contributed by atoms with E-state index in [2.05, 4.69) is 46.3 Å². The summed E-state index contributed by atoms with van der Waals surface area (Å²) in [5, 5.41) is 68.8. The van der Waals surface area contributed by atoms with Gasteiger partial charge in [0.1, 0.15) is 57.8 Å². The van der Waals surface area contributed by atoms with Crippen LogP contribution in [-0.4, -0.2) is 131 Å². The molecule has 4 aliphatic carbocycles. The maximum atomic E-state index is 13.1. The monoisotopic (exact) mass is 1270 g/mol. The molecule has 0 amide bonds. The number of likely N-dealkylation sites (tertiary alicyclic amines) is 2. The molecule has 23 nitrogen and oxygen atoms in total. The fourth-order valence-electron chi connectivity index (χ4n) is 15.9. The number of aliphatic hydroxyl groups excluding tert-OH is 1. The van der Waals surface area contributed by atoms with Crippen LogP contribution in [0.2, 0.25) is 0 Å². The van der Waals surface area contributed by atoms with E-state index in [1.165, 1.54) is 28.9 Å². The second-order valence-electron chi connectivity index (χ2n) is 25.6. The summed E-state index contributed by atoms with van der Waals surface area (Å²) >= 11 is 2.79. The summed E-state index contributed by atoms with van der Waals surface area (Å²) in [6.07, 6.45) is 18.2. The number of fused-ring (bicyclic) bond motifs is 6. The first-order chi connectivity index (χ1) is 44.1. The van der Waals surface area contributed by atoms with Crippen molar-refractivity contribution in [1.29, 1.82) is 21.3 Å². The number of likely N-dealkylation sites (N-methyl/N-ethyl adjacent to an activating group) is 2. The van der Waals surface area contributed by atoms with E-state index in [0.717, 1.165) is 98.2 Å². The summed E-state index contributed by atoms with van der Waals surface area (Å²) < 4.78 is 33.2. The predicted octanol–water partition coefficient (Wildman–Crippen LogP) is 10.4. The summed E-state index contributed by atoms with van der Waals surface area (Å²) in [6.45, 7) is 7.41. The topological polar surface area (TPSA) is 335 Å². The maximum Gasteiger partial charge on any atom is 0.217 e. The molecule has 7 aromatic rings. The molecule has 0 aromatic carbocycles. The average molecular weight is 1270 g/mol. The van der Waals surface area contributed by atoms with Crippen LogP contribution < -0.4 is 26.3 Å². The van der Waals surface area contributed by atoms with Crippen LogP contribution in [0.15, 0.2) is 68.9 Å². The van der Waals surface area contributed by atoms with E-state index in [0.29, 0.717) is 119 Å². The molecular weight excluding hydrogens is 1190 g/mol. The Morgan fingerprint density at radius 3 is 2.27 bits per heavy atom. The normalized spacial score (nSPS) is 24.8. The number of nitriles is 2. The highest BCUT2D eigenvalue weighted by Gasteiger charge is 2.52. The Balaban J connectivity index is 0.837. The molecule has 0 radical (unpaired) electrons. The number of aryl methyl sites for hydroxylation is 1. The molecule has 472 valence electrons. The molecule has 1 unspecified atom stereocenters. The summed E-state index contributed by atoms with van der Waals surface area (Å²) in [5.41, 5.74) is 17.8. The number of rotatable bonds is 17. The van der Waals surface area contributed by atoms with Crippen LogP contribution in [0.3, 0.4) is 0 Å². The largest absolute Gasteiger partial charge is 0.511 e. The summed E-state index contributed by atoms with van der Waals surface area (Å²) in [4.78, 5) is 31.0. The molecule has 7 aliphatic rings. The van der Waals surface area contributed by atoms with E-state index in [1.54, 1.807) is 24.4 Å². The molecule has 8 N–H and O–H groups in total. The number of hydrogen-bond acceptors (Lipinski definition) is 24. The highest BCUT2D eigenvalue weighted by molar-refractivity contribution is 7.16. The highest BCUT2D eigenvalue weighted by Crippen LogP contribution is 2.59. The zero-order valence-electron chi connectivity index (χ0n) is 51.7. The number of nitrogens with two attached hydrogens (primary N) is 2. The molecule has 3 aliphatic heterocycles. The van der Waals surface area contributed by atoms with Gasteiger partial charge < -0.3 is 45.0 Å². The molecule has 7 aromatic heterocycles. The fraction of sp³-hybridized carbons (Fsp3) is 0.500. The third kappa shape index (κ3) is 10.7. The Hall–Kier alpha value is -8.33. The molecular formula is C66H75N17O6S2. The Kier molecular flexibility index (Phi) is 16.1. The van der Waals surface area contributed by atoms with Gasteiger partial charge in [0, 0.05) is 75.1 Å². The number of anilines is 2. The highest BCUT2D eigenvalue weighted by atomic mass is 32.1. The lowest BCUT2D eigenvalue weighted by Crippen LogP contribution is -2.39. The zero-order chi connectivity index (χ0) is 62.9. The predicted molar refractivity (Wildman–Crippen MR) is 343 cm³/mol. The second kappa shape index (κ2) is 24.4.